The molecular weight excluding hydrogens is 207 g/mol. The van der Waals surface area contributed by atoms with Crippen LogP contribution in [0.4, 0.5) is 4.39 Å². The highest BCUT2D eigenvalue weighted by Gasteiger charge is 2.06. The van der Waals surface area contributed by atoms with E-state index in [4.69, 9.17) is 0 Å². The van der Waals surface area contributed by atoms with E-state index >= 15 is 0 Å². The van der Waals surface area contributed by atoms with Crippen LogP contribution in [0, 0.1) is 26.6 Å². The Bertz CT molecular complexity index is 266. The standard InChI is InChI=1S/C9H10BrF/c1-5-6(2)8(10)4-9(11)7(5)3/h4H,1-3H3. The van der Waals surface area contributed by atoms with E-state index in [9.17, 15) is 4.39 Å². The molecule has 0 fully saturated rings. The van der Waals surface area contributed by atoms with E-state index in [2.05, 4.69) is 15.9 Å². The van der Waals surface area contributed by atoms with Crippen molar-refractivity contribution in [1.82, 2.24) is 0 Å². The second-order valence-electron chi connectivity index (χ2n) is 2.72. The molecule has 0 aliphatic rings. The summed E-state index contributed by atoms with van der Waals surface area (Å²) in [5, 5.41) is 0. The quantitative estimate of drug-likeness (QED) is 0.623. The first-order valence-electron chi connectivity index (χ1n) is 3.46. The van der Waals surface area contributed by atoms with Crippen LogP contribution in [0.1, 0.15) is 16.7 Å². The lowest BCUT2D eigenvalue weighted by molar-refractivity contribution is 0.615. The van der Waals surface area contributed by atoms with Crippen LogP contribution >= 0.6 is 15.9 Å². The predicted octanol–water partition coefficient (Wildman–Crippen LogP) is 3.51. The molecule has 11 heavy (non-hydrogen) atoms. The van der Waals surface area contributed by atoms with Gasteiger partial charge in [-0.15, -0.1) is 0 Å². The largest absolute Gasteiger partial charge is 0.207 e. The van der Waals surface area contributed by atoms with Crippen LogP contribution in [0.2, 0.25) is 0 Å². The highest BCUT2D eigenvalue weighted by atomic mass is 79.9. The van der Waals surface area contributed by atoms with Crippen molar-refractivity contribution in [2.45, 2.75) is 20.8 Å². The topological polar surface area (TPSA) is 0 Å². The average molecular weight is 217 g/mol. The van der Waals surface area contributed by atoms with Gasteiger partial charge in [0.05, 0.1) is 0 Å². The van der Waals surface area contributed by atoms with Gasteiger partial charge in [0.25, 0.3) is 0 Å². The van der Waals surface area contributed by atoms with Crippen LogP contribution in [-0.2, 0) is 0 Å². The first kappa shape index (κ1) is 8.72. The van der Waals surface area contributed by atoms with Gasteiger partial charge in [-0.05, 0) is 43.5 Å². The summed E-state index contributed by atoms with van der Waals surface area (Å²) in [6.45, 7) is 5.70. The minimum Gasteiger partial charge on any atom is -0.207 e. The predicted molar refractivity (Wildman–Crippen MR) is 48.3 cm³/mol. The Morgan fingerprint density at radius 1 is 1.09 bits per heavy atom. The summed E-state index contributed by atoms with van der Waals surface area (Å²) in [5.41, 5.74) is 2.88. The third-order valence-electron chi connectivity index (χ3n) is 2.09. The van der Waals surface area contributed by atoms with Crippen molar-refractivity contribution in [3.8, 4) is 0 Å². The summed E-state index contributed by atoms with van der Waals surface area (Å²) in [6.07, 6.45) is 0. The molecule has 0 N–H and O–H groups in total. The Labute approximate surface area is 74.6 Å². The molecule has 0 saturated carbocycles. The summed E-state index contributed by atoms with van der Waals surface area (Å²) in [7, 11) is 0. The lowest BCUT2D eigenvalue weighted by Gasteiger charge is -2.07. The van der Waals surface area contributed by atoms with Gasteiger partial charge in [0.15, 0.2) is 0 Å². The molecule has 60 valence electrons. The molecule has 0 aliphatic carbocycles. The van der Waals surface area contributed by atoms with Crippen molar-refractivity contribution in [2.75, 3.05) is 0 Å². The first-order chi connectivity index (χ1) is 5.04. The average Bonchev–Trinajstić information content (AvgIpc) is 1.97. The van der Waals surface area contributed by atoms with Gasteiger partial charge in [0, 0.05) is 4.47 Å². The second-order valence-corrected chi connectivity index (χ2v) is 3.57. The Kier molecular flexibility index (Phi) is 2.33. The van der Waals surface area contributed by atoms with Crippen LogP contribution < -0.4 is 0 Å². The summed E-state index contributed by atoms with van der Waals surface area (Å²) in [5.74, 6) is -0.139. The normalized spacial score (nSPS) is 10.3. The maximum Gasteiger partial charge on any atom is 0.127 e. The van der Waals surface area contributed by atoms with Gasteiger partial charge < -0.3 is 0 Å². The monoisotopic (exact) mass is 216 g/mol. The lowest BCUT2D eigenvalue weighted by Crippen LogP contribution is -1.91. The Morgan fingerprint density at radius 2 is 1.64 bits per heavy atom. The number of benzene rings is 1. The molecule has 0 amide bonds. The van der Waals surface area contributed by atoms with E-state index in [1.54, 1.807) is 6.92 Å². The third kappa shape index (κ3) is 1.45. The Morgan fingerprint density at radius 3 is 2.18 bits per heavy atom. The molecule has 0 nitrogen and oxygen atoms in total. The van der Waals surface area contributed by atoms with Crippen LogP contribution in [0.5, 0.6) is 0 Å². The van der Waals surface area contributed by atoms with Gasteiger partial charge in [-0.1, -0.05) is 15.9 Å². The number of rotatable bonds is 0. The third-order valence-corrected chi connectivity index (χ3v) is 2.92. The molecule has 0 saturated heterocycles. The second kappa shape index (κ2) is 2.94. The maximum absolute atomic E-state index is 13.0. The summed E-state index contributed by atoms with van der Waals surface area (Å²) in [4.78, 5) is 0. The van der Waals surface area contributed by atoms with Gasteiger partial charge in [0.1, 0.15) is 5.82 Å². The van der Waals surface area contributed by atoms with Crippen LogP contribution in [0.25, 0.3) is 0 Å². The van der Waals surface area contributed by atoms with E-state index < -0.39 is 0 Å². The van der Waals surface area contributed by atoms with E-state index in [1.165, 1.54) is 6.07 Å². The minimum atomic E-state index is -0.139. The smallest absolute Gasteiger partial charge is 0.127 e. The number of hydrogen-bond acceptors (Lipinski definition) is 0. The molecule has 1 rings (SSSR count). The molecule has 0 unspecified atom stereocenters. The van der Waals surface area contributed by atoms with Crippen molar-refractivity contribution in [1.29, 1.82) is 0 Å². The highest BCUT2D eigenvalue weighted by Crippen LogP contribution is 2.24. The molecule has 0 aliphatic heterocycles. The molecule has 0 heterocycles. The van der Waals surface area contributed by atoms with Crippen LogP contribution in [0.3, 0.4) is 0 Å². The summed E-state index contributed by atoms with van der Waals surface area (Å²) < 4.78 is 13.8. The first-order valence-corrected chi connectivity index (χ1v) is 4.25. The van der Waals surface area contributed by atoms with Crippen LogP contribution in [-0.4, -0.2) is 0 Å². The fourth-order valence-electron chi connectivity index (χ4n) is 0.967. The Balaban J connectivity index is 3.46. The molecular formula is C9H10BrF. The Hall–Kier alpha value is -0.370. The van der Waals surface area contributed by atoms with Crippen molar-refractivity contribution < 1.29 is 4.39 Å². The van der Waals surface area contributed by atoms with Crippen molar-refractivity contribution in [3.05, 3.63) is 33.0 Å². The lowest BCUT2D eigenvalue weighted by atomic mass is 10.0. The molecule has 0 atom stereocenters. The van der Waals surface area contributed by atoms with E-state index in [-0.39, 0.29) is 5.82 Å². The maximum atomic E-state index is 13.0. The van der Waals surface area contributed by atoms with E-state index in [0.29, 0.717) is 0 Å². The molecule has 0 bridgehead atoms. The van der Waals surface area contributed by atoms with Gasteiger partial charge in [-0.25, -0.2) is 4.39 Å². The van der Waals surface area contributed by atoms with Crippen LogP contribution in [0.15, 0.2) is 10.5 Å². The molecule has 1 aromatic carbocycles. The van der Waals surface area contributed by atoms with Gasteiger partial charge in [-0.3, -0.25) is 0 Å². The van der Waals surface area contributed by atoms with Gasteiger partial charge >= 0.3 is 0 Å². The van der Waals surface area contributed by atoms with Crippen molar-refractivity contribution in [3.63, 3.8) is 0 Å². The van der Waals surface area contributed by atoms with Crippen molar-refractivity contribution >= 4 is 15.9 Å². The molecule has 0 radical (unpaired) electrons. The van der Waals surface area contributed by atoms with E-state index in [0.717, 1.165) is 21.2 Å². The molecule has 0 aromatic heterocycles. The minimum absolute atomic E-state index is 0.139. The molecule has 0 spiro atoms. The number of hydrogen-bond donors (Lipinski definition) is 0. The van der Waals surface area contributed by atoms with Gasteiger partial charge in [-0.2, -0.15) is 0 Å². The number of halogens is 2. The fraction of sp³-hybridized carbons (Fsp3) is 0.333. The zero-order valence-electron chi connectivity index (χ0n) is 6.83. The van der Waals surface area contributed by atoms with Crippen molar-refractivity contribution in [2.24, 2.45) is 0 Å². The summed E-state index contributed by atoms with van der Waals surface area (Å²) >= 11 is 3.29. The fourth-order valence-corrected chi connectivity index (χ4v) is 1.47. The van der Waals surface area contributed by atoms with Gasteiger partial charge in [0.2, 0.25) is 0 Å². The zero-order valence-corrected chi connectivity index (χ0v) is 8.42. The van der Waals surface area contributed by atoms with E-state index in [1.807, 2.05) is 13.8 Å². The zero-order chi connectivity index (χ0) is 8.59. The SMILES string of the molecule is Cc1c(F)cc(Br)c(C)c1C. The highest BCUT2D eigenvalue weighted by molar-refractivity contribution is 9.10. The summed E-state index contributed by atoms with van der Waals surface area (Å²) in [6, 6.07) is 1.51. The molecule has 1 aromatic rings. The molecule has 2 heteroatoms.